The molecule has 116 valence electrons. The highest BCUT2D eigenvalue weighted by Gasteiger charge is 2.17. The van der Waals surface area contributed by atoms with E-state index in [1.54, 1.807) is 0 Å². The molecule has 1 aromatic rings. The fraction of sp³-hybridized carbons (Fsp3) is 0.636. The summed E-state index contributed by atoms with van der Waals surface area (Å²) in [5.74, 6) is 0.208. The van der Waals surface area contributed by atoms with Gasteiger partial charge in [-0.3, -0.25) is 10.1 Å². The number of thiocarbonyl (C=S) groups is 1. The van der Waals surface area contributed by atoms with Crippen LogP contribution >= 0.6 is 47.1 Å². The quantitative estimate of drug-likeness (QED) is 0.490. The van der Waals surface area contributed by atoms with Crippen LogP contribution in [0.1, 0.15) is 0 Å². The summed E-state index contributed by atoms with van der Waals surface area (Å²) in [6, 6.07) is 0. The molecular weight excluding hydrogens is 346 g/mol. The molecule has 2 rings (SSSR count). The number of nitrogens with zero attached hydrogens (tertiary/aromatic N) is 4. The number of nitrogens with one attached hydrogen (secondary N) is 1. The molecule has 2 heterocycles. The fourth-order valence-electron chi connectivity index (χ4n) is 1.71. The average Bonchev–Trinajstić information content (AvgIpc) is 2.93. The number of hydrogen-bond donors (Lipinski definition) is 1. The Balaban J connectivity index is 1.72. The summed E-state index contributed by atoms with van der Waals surface area (Å²) in [5.41, 5.74) is 0. The van der Waals surface area contributed by atoms with Gasteiger partial charge in [0.2, 0.25) is 11.0 Å². The van der Waals surface area contributed by atoms with Crippen molar-refractivity contribution in [1.82, 2.24) is 20.0 Å². The molecule has 0 atom stereocenters. The van der Waals surface area contributed by atoms with Gasteiger partial charge in [-0.05, 0) is 13.3 Å². The molecule has 1 amide bonds. The Morgan fingerprint density at radius 3 is 2.71 bits per heavy atom. The van der Waals surface area contributed by atoms with Gasteiger partial charge < -0.3 is 9.80 Å². The highest BCUT2D eigenvalue weighted by molar-refractivity contribution is 8.23. The van der Waals surface area contributed by atoms with Crippen LogP contribution in [0.15, 0.2) is 4.34 Å². The van der Waals surface area contributed by atoms with Crippen molar-refractivity contribution >= 4 is 62.4 Å². The Labute approximate surface area is 142 Å². The summed E-state index contributed by atoms with van der Waals surface area (Å²) in [4.78, 5) is 16.3. The number of carbonyl (C=O) groups excluding carboxylic acids is 1. The van der Waals surface area contributed by atoms with Crippen LogP contribution in [0.2, 0.25) is 0 Å². The Morgan fingerprint density at radius 1 is 1.38 bits per heavy atom. The second kappa shape index (κ2) is 8.28. The first-order valence-electron chi connectivity index (χ1n) is 6.36. The van der Waals surface area contributed by atoms with Crippen molar-refractivity contribution in [3.8, 4) is 0 Å². The van der Waals surface area contributed by atoms with Crippen LogP contribution in [-0.2, 0) is 4.79 Å². The number of piperazine rings is 1. The molecule has 0 unspecified atom stereocenters. The molecule has 10 heteroatoms. The summed E-state index contributed by atoms with van der Waals surface area (Å²) in [6.45, 7) is 3.87. The van der Waals surface area contributed by atoms with Crippen molar-refractivity contribution in [2.24, 2.45) is 0 Å². The van der Waals surface area contributed by atoms with Crippen molar-refractivity contribution in [2.45, 2.75) is 4.34 Å². The Morgan fingerprint density at radius 2 is 2.10 bits per heavy atom. The summed E-state index contributed by atoms with van der Waals surface area (Å²) in [6.07, 6.45) is 1.93. The van der Waals surface area contributed by atoms with Gasteiger partial charge in [0.05, 0.1) is 5.75 Å². The molecule has 1 fully saturated rings. The Bertz CT molecular complexity index is 501. The van der Waals surface area contributed by atoms with E-state index in [1.165, 1.54) is 34.9 Å². The third kappa shape index (κ3) is 5.37. The topological polar surface area (TPSA) is 61.4 Å². The van der Waals surface area contributed by atoms with Crippen LogP contribution in [0.3, 0.4) is 0 Å². The highest BCUT2D eigenvalue weighted by Crippen LogP contribution is 2.23. The van der Waals surface area contributed by atoms with Crippen molar-refractivity contribution < 1.29 is 4.79 Å². The highest BCUT2D eigenvalue weighted by atomic mass is 32.2. The van der Waals surface area contributed by atoms with Crippen LogP contribution < -0.4 is 5.32 Å². The molecule has 0 aliphatic carbocycles. The van der Waals surface area contributed by atoms with Gasteiger partial charge in [-0.1, -0.05) is 47.1 Å². The van der Waals surface area contributed by atoms with E-state index in [9.17, 15) is 4.79 Å². The van der Waals surface area contributed by atoms with Gasteiger partial charge in [0.1, 0.15) is 4.32 Å². The lowest BCUT2D eigenvalue weighted by Crippen LogP contribution is -2.46. The first kappa shape index (κ1) is 16.9. The second-order valence-corrected chi connectivity index (χ2v) is 8.11. The lowest BCUT2D eigenvalue weighted by Gasteiger charge is -2.33. The summed E-state index contributed by atoms with van der Waals surface area (Å²) in [7, 11) is 2.10. The molecule has 0 aromatic carbocycles. The zero-order valence-corrected chi connectivity index (χ0v) is 15.1. The Kier molecular flexibility index (Phi) is 6.68. The molecule has 21 heavy (non-hydrogen) atoms. The third-order valence-electron chi connectivity index (χ3n) is 2.92. The van der Waals surface area contributed by atoms with Crippen LogP contribution in [0.25, 0.3) is 0 Å². The second-order valence-electron chi connectivity index (χ2n) is 4.47. The van der Waals surface area contributed by atoms with Crippen LogP contribution in [0, 0.1) is 0 Å². The molecule has 0 spiro atoms. The summed E-state index contributed by atoms with van der Waals surface area (Å²) >= 11 is 9.67. The van der Waals surface area contributed by atoms with Gasteiger partial charge in [-0.2, -0.15) is 0 Å². The number of thioether (sulfide) groups is 2. The lowest BCUT2D eigenvalue weighted by molar-refractivity contribution is -0.113. The fourth-order valence-corrected chi connectivity index (χ4v) is 3.94. The van der Waals surface area contributed by atoms with E-state index in [0.717, 1.165) is 34.8 Å². The van der Waals surface area contributed by atoms with Gasteiger partial charge in [0, 0.05) is 26.2 Å². The van der Waals surface area contributed by atoms with Gasteiger partial charge in [-0.25, -0.2) is 0 Å². The number of carbonyl (C=O) groups is 1. The van der Waals surface area contributed by atoms with Crippen molar-refractivity contribution in [1.29, 1.82) is 0 Å². The van der Waals surface area contributed by atoms with Crippen LogP contribution in [-0.4, -0.2) is 75.5 Å². The Hall–Kier alpha value is -0.420. The van der Waals surface area contributed by atoms with E-state index in [1.807, 2.05) is 6.26 Å². The molecular formula is C11H17N5OS4. The number of rotatable bonds is 4. The number of amides is 1. The van der Waals surface area contributed by atoms with Gasteiger partial charge in [0.15, 0.2) is 4.34 Å². The molecule has 1 N–H and O–H groups in total. The molecule has 0 radical (unpaired) electrons. The van der Waals surface area contributed by atoms with E-state index in [4.69, 9.17) is 12.2 Å². The summed E-state index contributed by atoms with van der Waals surface area (Å²) in [5, 5.41) is 11.1. The van der Waals surface area contributed by atoms with Gasteiger partial charge in [-0.15, -0.1) is 10.2 Å². The van der Waals surface area contributed by atoms with Crippen LogP contribution in [0.5, 0.6) is 0 Å². The normalized spacial score (nSPS) is 16.0. The molecule has 0 bridgehead atoms. The predicted molar refractivity (Wildman–Crippen MR) is 94.4 cm³/mol. The summed E-state index contributed by atoms with van der Waals surface area (Å²) < 4.78 is 1.63. The largest absolute Gasteiger partial charge is 0.355 e. The van der Waals surface area contributed by atoms with Crippen molar-refractivity contribution in [3.05, 3.63) is 0 Å². The zero-order chi connectivity index (χ0) is 15.2. The zero-order valence-electron chi connectivity index (χ0n) is 11.9. The minimum Gasteiger partial charge on any atom is -0.355 e. The van der Waals surface area contributed by atoms with Crippen LogP contribution in [0.4, 0.5) is 5.13 Å². The molecule has 1 saturated heterocycles. The predicted octanol–water partition coefficient (Wildman–Crippen LogP) is 1.46. The number of likely N-dealkylation sites (N-methyl/N-ethyl adjacent to an activating group) is 1. The standard InChI is InChI=1S/C11H17N5OS4/c1-15-3-5-16(6-4-15)11(18)20-7-8(17)12-9-13-14-10(19-2)21-9/h3-7H2,1-2H3,(H,12,13,17). The van der Waals surface area contributed by atoms with E-state index in [2.05, 4.69) is 32.4 Å². The van der Waals surface area contributed by atoms with E-state index in [-0.39, 0.29) is 5.91 Å². The maximum absolute atomic E-state index is 11.9. The average molecular weight is 364 g/mol. The molecule has 0 saturated carbocycles. The molecule has 1 aromatic heterocycles. The first-order chi connectivity index (χ1) is 10.1. The minimum atomic E-state index is -0.0970. The lowest BCUT2D eigenvalue weighted by atomic mass is 10.4. The minimum absolute atomic E-state index is 0.0970. The van der Waals surface area contributed by atoms with E-state index in [0.29, 0.717) is 10.9 Å². The maximum Gasteiger partial charge on any atom is 0.236 e. The number of aromatic nitrogens is 2. The molecule has 6 nitrogen and oxygen atoms in total. The SMILES string of the molecule is CSc1nnc(NC(=O)CSC(=S)N2CCN(C)CC2)s1. The maximum atomic E-state index is 11.9. The van der Waals surface area contributed by atoms with Gasteiger partial charge in [0.25, 0.3) is 0 Å². The van der Waals surface area contributed by atoms with Crippen molar-refractivity contribution in [2.75, 3.05) is 50.6 Å². The van der Waals surface area contributed by atoms with E-state index >= 15 is 0 Å². The smallest absolute Gasteiger partial charge is 0.236 e. The van der Waals surface area contributed by atoms with E-state index < -0.39 is 0 Å². The monoisotopic (exact) mass is 363 g/mol. The molecule has 1 aliphatic heterocycles. The first-order valence-corrected chi connectivity index (χ1v) is 9.79. The van der Waals surface area contributed by atoms with Gasteiger partial charge >= 0.3 is 0 Å². The number of anilines is 1. The number of hydrogen-bond acceptors (Lipinski definition) is 8. The molecule has 1 aliphatic rings. The third-order valence-corrected chi connectivity index (χ3v) is 6.25. The van der Waals surface area contributed by atoms with Crippen molar-refractivity contribution in [3.63, 3.8) is 0 Å².